The molecule has 0 aromatic heterocycles. The second kappa shape index (κ2) is 6.36. The summed E-state index contributed by atoms with van der Waals surface area (Å²) in [6.45, 7) is 5.57. The first-order valence-electron chi connectivity index (χ1n) is 6.17. The number of hydrogen-bond donors (Lipinski definition) is 2. The average Bonchev–Trinajstić information content (AvgIpc) is 2.33. The zero-order valence-corrected chi connectivity index (χ0v) is 12.4. The topological polar surface area (TPSA) is 77.0 Å². The maximum Gasteiger partial charge on any atom is 0.407 e. The highest BCUT2D eigenvalue weighted by atomic mass is 16.6. The van der Waals surface area contributed by atoms with E-state index >= 15 is 0 Å². The minimum Gasteiger partial charge on any atom is -0.504 e. The fourth-order valence-electron chi connectivity index (χ4n) is 1.59. The molecule has 0 fully saturated rings. The molecule has 1 aromatic rings. The van der Waals surface area contributed by atoms with Crippen LogP contribution in [0.3, 0.4) is 0 Å². The monoisotopic (exact) mass is 283 g/mol. The normalized spacial score (nSPS) is 10.8. The number of amides is 1. The van der Waals surface area contributed by atoms with Gasteiger partial charge in [0.05, 0.1) is 14.2 Å². The van der Waals surface area contributed by atoms with Crippen molar-refractivity contribution in [1.82, 2.24) is 5.32 Å². The number of phenolic OH excluding ortho intramolecular Hbond substituents is 1. The molecule has 0 atom stereocenters. The van der Waals surface area contributed by atoms with Crippen molar-refractivity contribution in [2.45, 2.75) is 32.9 Å². The standard InChI is InChI=1S/C14H21NO5/c1-14(2,3)20-13(17)15-8-9-6-10(16)12(19-5)11(7-9)18-4/h6-7,16H,8H2,1-5H3,(H,15,17). The van der Waals surface area contributed by atoms with Gasteiger partial charge in [-0.3, -0.25) is 0 Å². The van der Waals surface area contributed by atoms with Gasteiger partial charge in [0.2, 0.25) is 5.75 Å². The van der Waals surface area contributed by atoms with Crippen molar-refractivity contribution >= 4 is 6.09 Å². The van der Waals surface area contributed by atoms with Crippen LogP contribution in [-0.2, 0) is 11.3 Å². The number of nitrogens with one attached hydrogen (secondary N) is 1. The van der Waals surface area contributed by atoms with E-state index in [1.807, 2.05) is 0 Å². The van der Waals surface area contributed by atoms with E-state index in [4.69, 9.17) is 14.2 Å². The molecule has 20 heavy (non-hydrogen) atoms. The van der Waals surface area contributed by atoms with Crippen molar-refractivity contribution in [3.63, 3.8) is 0 Å². The third-order valence-corrected chi connectivity index (χ3v) is 2.35. The van der Waals surface area contributed by atoms with Crippen LogP contribution in [0, 0.1) is 0 Å². The van der Waals surface area contributed by atoms with Crippen molar-refractivity contribution < 1.29 is 24.1 Å². The minimum atomic E-state index is -0.552. The van der Waals surface area contributed by atoms with E-state index in [0.29, 0.717) is 11.3 Å². The Kier molecular flexibility index (Phi) is 5.07. The first-order chi connectivity index (χ1) is 9.26. The lowest BCUT2D eigenvalue weighted by atomic mass is 10.2. The zero-order valence-electron chi connectivity index (χ0n) is 12.4. The number of ether oxygens (including phenoxy) is 3. The summed E-state index contributed by atoms with van der Waals surface area (Å²) < 4.78 is 15.3. The molecule has 6 nitrogen and oxygen atoms in total. The third-order valence-electron chi connectivity index (χ3n) is 2.35. The molecular formula is C14H21NO5. The maximum absolute atomic E-state index is 11.5. The molecule has 112 valence electrons. The summed E-state index contributed by atoms with van der Waals surface area (Å²) in [5.74, 6) is 0.606. The molecule has 1 rings (SSSR count). The van der Waals surface area contributed by atoms with Crippen molar-refractivity contribution in [3.05, 3.63) is 17.7 Å². The quantitative estimate of drug-likeness (QED) is 0.887. The summed E-state index contributed by atoms with van der Waals surface area (Å²) in [7, 11) is 2.92. The highest BCUT2D eigenvalue weighted by Gasteiger charge is 2.16. The van der Waals surface area contributed by atoms with Gasteiger partial charge in [-0.25, -0.2) is 4.79 Å². The number of carbonyl (C=O) groups excluding carboxylic acids is 1. The molecule has 0 saturated carbocycles. The van der Waals surface area contributed by atoms with Crippen LogP contribution in [-0.4, -0.2) is 31.0 Å². The summed E-state index contributed by atoms with van der Waals surface area (Å²) >= 11 is 0. The highest BCUT2D eigenvalue weighted by Crippen LogP contribution is 2.37. The van der Waals surface area contributed by atoms with E-state index in [0.717, 1.165) is 0 Å². The summed E-state index contributed by atoms with van der Waals surface area (Å²) in [6, 6.07) is 3.18. The second-order valence-corrected chi connectivity index (χ2v) is 5.21. The van der Waals surface area contributed by atoms with Crippen LogP contribution >= 0.6 is 0 Å². The average molecular weight is 283 g/mol. The lowest BCUT2D eigenvalue weighted by molar-refractivity contribution is 0.0523. The summed E-state index contributed by atoms with van der Waals surface area (Å²) in [5.41, 5.74) is 0.120. The number of hydrogen-bond acceptors (Lipinski definition) is 5. The molecular weight excluding hydrogens is 262 g/mol. The molecule has 0 aliphatic rings. The molecule has 0 aliphatic heterocycles. The Morgan fingerprint density at radius 3 is 2.40 bits per heavy atom. The third kappa shape index (κ3) is 4.53. The largest absolute Gasteiger partial charge is 0.504 e. The fourth-order valence-corrected chi connectivity index (χ4v) is 1.59. The Labute approximate surface area is 118 Å². The van der Waals surface area contributed by atoms with Gasteiger partial charge in [0, 0.05) is 6.54 Å². The van der Waals surface area contributed by atoms with E-state index in [9.17, 15) is 9.90 Å². The minimum absolute atomic E-state index is 0.0483. The Bertz CT molecular complexity index is 479. The smallest absolute Gasteiger partial charge is 0.407 e. The Morgan fingerprint density at radius 1 is 1.25 bits per heavy atom. The van der Waals surface area contributed by atoms with Gasteiger partial charge in [-0.15, -0.1) is 0 Å². The number of methoxy groups -OCH3 is 2. The zero-order chi connectivity index (χ0) is 15.3. The molecule has 0 spiro atoms. The van der Waals surface area contributed by atoms with Crippen molar-refractivity contribution in [2.75, 3.05) is 14.2 Å². The Balaban J connectivity index is 2.74. The van der Waals surface area contributed by atoms with E-state index in [1.165, 1.54) is 20.3 Å². The van der Waals surface area contributed by atoms with Crippen LogP contribution in [0.5, 0.6) is 17.2 Å². The van der Waals surface area contributed by atoms with Gasteiger partial charge in [-0.1, -0.05) is 0 Å². The lowest BCUT2D eigenvalue weighted by Crippen LogP contribution is -2.32. The molecule has 0 heterocycles. The van der Waals surface area contributed by atoms with Crippen LogP contribution < -0.4 is 14.8 Å². The maximum atomic E-state index is 11.5. The van der Waals surface area contributed by atoms with Gasteiger partial charge in [0.25, 0.3) is 0 Å². The second-order valence-electron chi connectivity index (χ2n) is 5.21. The molecule has 0 saturated heterocycles. The number of benzene rings is 1. The summed E-state index contributed by atoms with van der Waals surface area (Å²) in [5, 5.41) is 12.4. The predicted molar refractivity (Wildman–Crippen MR) is 74.3 cm³/mol. The molecule has 6 heteroatoms. The molecule has 2 N–H and O–H groups in total. The first kappa shape index (κ1) is 15.9. The van der Waals surface area contributed by atoms with Gasteiger partial charge >= 0.3 is 6.09 Å². The molecule has 0 radical (unpaired) electrons. The molecule has 1 aromatic carbocycles. The van der Waals surface area contributed by atoms with Gasteiger partial charge in [0.15, 0.2) is 11.5 Å². The van der Waals surface area contributed by atoms with Crippen LogP contribution in [0.15, 0.2) is 12.1 Å². The van der Waals surface area contributed by atoms with Gasteiger partial charge < -0.3 is 24.6 Å². The number of alkyl carbamates (subject to hydrolysis) is 1. The number of phenols is 1. The van der Waals surface area contributed by atoms with E-state index in [-0.39, 0.29) is 18.0 Å². The van der Waals surface area contributed by atoms with Crippen LogP contribution in [0.1, 0.15) is 26.3 Å². The van der Waals surface area contributed by atoms with Crippen molar-refractivity contribution in [1.29, 1.82) is 0 Å². The molecule has 0 aliphatic carbocycles. The summed E-state index contributed by atoms with van der Waals surface area (Å²) in [4.78, 5) is 11.5. The number of carbonyl (C=O) groups is 1. The van der Waals surface area contributed by atoms with Crippen molar-refractivity contribution in [2.24, 2.45) is 0 Å². The summed E-state index contributed by atoms with van der Waals surface area (Å²) in [6.07, 6.45) is -0.522. The van der Waals surface area contributed by atoms with Gasteiger partial charge in [0.1, 0.15) is 5.60 Å². The number of aromatic hydroxyl groups is 1. The molecule has 1 amide bonds. The lowest BCUT2D eigenvalue weighted by Gasteiger charge is -2.20. The van der Waals surface area contributed by atoms with Crippen LogP contribution in [0.2, 0.25) is 0 Å². The SMILES string of the molecule is COc1cc(CNC(=O)OC(C)(C)C)cc(O)c1OC. The van der Waals surface area contributed by atoms with Crippen molar-refractivity contribution in [3.8, 4) is 17.2 Å². The van der Waals surface area contributed by atoms with Gasteiger partial charge in [-0.2, -0.15) is 0 Å². The predicted octanol–water partition coefficient (Wildman–Crippen LogP) is 2.43. The first-order valence-corrected chi connectivity index (χ1v) is 6.17. The fraction of sp³-hybridized carbons (Fsp3) is 0.500. The highest BCUT2D eigenvalue weighted by molar-refractivity contribution is 5.67. The Morgan fingerprint density at radius 2 is 1.90 bits per heavy atom. The molecule has 0 unspecified atom stereocenters. The Hall–Kier alpha value is -2.11. The van der Waals surface area contributed by atoms with Gasteiger partial charge in [-0.05, 0) is 38.5 Å². The van der Waals surface area contributed by atoms with Crippen LogP contribution in [0.25, 0.3) is 0 Å². The van der Waals surface area contributed by atoms with E-state index < -0.39 is 11.7 Å². The number of rotatable bonds is 4. The molecule has 0 bridgehead atoms. The van der Waals surface area contributed by atoms with E-state index in [2.05, 4.69) is 5.32 Å². The van der Waals surface area contributed by atoms with E-state index in [1.54, 1.807) is 26.8 Å². The van der Waals surface area contributed by atoms with Crippen LogP contribution in [0.4, 0.5) is 4.79 Å².